The topological polar surface area (TPSA) is 55.8 Å². The fraction of sp³-hybridized carbons (Fsp3) is 0.364. The fourth-order valence-corrected chi connectivity index (χ4v) is 1.73. The van der Waals surface area contributed by atoms with Crippen LogP contribution in [0, 0.1) is 0 Å². The monoisotopic (exact) mass is 288 g/mol. The molecule has 1 aromatic carbocycles. The SMILES string of the molecule is COc1cc(C(=O)O)cc(Br)c1OC(C)C. The van der Waals surface area contributed by atoms with Gasteiger partial charge in [-0.05, 0) is 41.9 Å². The maximum absolute atomic E-state index is 10.8. The average Bonchev–Trinajstić information content (AvgIpc) is 2.19. The molecule has 0 heterocycles. The average molecular weight is 289 g/mol. The summed E-state index contributed by atoms with van der Waals surface area (Å²) in [7, 11) is 1.47. The van der Waals surface area contributed by atoms with Gasteiger partial charge in [0.2, 0.25) is 0 Å². The van der Waals surface area contributed by atoms with E-state index >= 15 is 0 Å². The number of carbonyl (C=O) groups is 1. The van der Waals surface area contributed by atoms with Gasteiger partial charge in [0, 0.05) is 0 Å². The van der Waals surface area contributed by atoms with Gasteiger partial charge in [0.15, 0.2) is 11.5 Å². The van der Waals surface area contributed by atoms with E-state index in [0.717, 1.165) is 0 Å². The van der Waals surface area contributed by atoms with Crippen LogP contribution in [-0.2, 0) is 0 Å². The van der Waals surface area contributed by atoms with Gasteiger partial charge in [-0.2, -0.15) is 0 Å². The van der Waals surface area contributed by atoms with Crippen molar-refractivity contribution in [2.45, 2.75) is 20.0 Å². The summed E-state index contributed by atoms with van der Waals surface area (Å²) in [4.78, 5) is 10.8. The van der Waals surface area contributed by atoms with Crippen LogP contribution in [0.2, 0.25) is 0 Å². The highest BCUT2D eigenvalue weighted by molar-refractivity contribution is 9.10. The number of carboxylic acid groups (broad SMARTS) is 1. The van der Waals surface area contributed by atoms with Crippen molar-refractivity contribution in [2.24, 2.45) is 0 Å². The molecule has 0 aromatic heterocycles. The van der Waals surface area contributed by atoms with Crippen molar-refractivity contribution in [1.82, 2.24) is 0 Å². The Balaban J connectivity index is 3.23. The standard InChI is InChI=1S/C11H13BrO4/c1-6(2)16-10-8(12)4-7(11(13)14)5-9(10)15-3/h4-6H,1-3H3,(H,13,14). The van der Waals surface area contributed by atoms with E-state index in [2.05, 4.69) is 15.9 Å². The molecule has 0 bridgehead atoms. The minimum atomic E-state index is -1.00. The van der Waals surface area contributed by atoms with Crippen LogP contribution in [-0.4, -0.2) is 24.3 Å². The minimum absolute atomic E-state index is 0.0131. The van der Waals surface area contributed by atoms with Crippen molar-refractivity contribution in [2.75, 3.05) is 7.11 Å². The molecule has 0 amide bonds. The summed E-state index contributed by atoms with van der Waals surface area (Å²) < 4.78 is 11.2. The van der Waals surface area contributed by atoms with Crippen molar-refractivity contribution < 1.29 is 19.4 Å². The fourth-order valence-electron chi connectivity index (χ4n) is 1.19. The first kappa shape index (κ1) is 12.8. The molecule has 0 spiro atoms. The van der Waals surface area contributed by atoms with Crippen LogP contribution in [0.3, 0.4) is 0 Å². The van der Waals surface area contributed by atoms with Crippen LogP contribution < -0.4 is 9.47 Å². The molecule has 0 radical (unpaired) electrons. The van der Waals surface area contributed by atoms with E-state index in [1.165, 1.54) is 19.2 Å². The van der Waals surface area contributed by atoms with Crippen LogP contribution in [0.25, 0.3) is 0 Å². The first-order valence-corrected chi connectivity index (χ1v) is 5.52. The Kier molecular flexibility index (Phi) is 4.18. The number of benzene rings is 1. The number of aromatic carboxylic acids is 1. The molecular weight excluding hydrogens is 276 g/mol. The Labute approximate surface area is 102 Å². The van der Waals surface area contributed by atoms with Crippen LogP contribution in [0.1, 0.15) is 24.2 Å². The lowest BCUT2D eigenvalue weighted by atomic mass is 10.2. The number of hydrogen-bond acceptors (Lipinski definition) is 3. The van der Waals surface area contributed by atoms with Crippen molar-refractivity contribution >= 4 is 21.9 Å². The Morgan fingerprint density at radius 1 is 1.44 bits per heavy atom. The molecular formula is C11H13BrO4. The van der Waals surface area contributed by atoms with Crippen molar-refractivity contribution in [1.29, 1.82) is 0 Å². The molecule has 0 aliphatic carbocycles. The smallest absolute Gasteiger partial charge is 0.335 e. The van der Waals surface area contributed by atoms with E-state index in [0.29, 0.717) is 16.0 Å². The van der Waals surface area contributed by atoms with Crippen LogP contribution in [0.15, 0.2) is 16.6 Å². The van der Waals surface area contributed by atoms with E-state index in [9.17, 15) is 4.79 Å². The van der Waals surface area contributed by atoms with Crippen molar-refractivity contribution in [3.63, 3.8) is 0 Å². The van der Waals surface area contributed by atoms with Gasteiger partial charge in [-0.15, -0.1) is 0 Å². The number of ether oxygens (including phenoxy) is 2. The normalized spacial score (nSPS) is 10.3. The third-order valence-electron chi connectivity index (χ3n) is 1.83. The highest BCUT2D eigenvalue weighted by atomic mass is 79.9. The molecule has 0 aliphatic rings. The summed E-state index contributed by atoms with van der Waals surface area (Å²) in [5.74, 6) is -0.0851. The molecule has 16 heavy (non-hydrogen) atoms. The third-order valence-corrected chi connectivity index (χ3v) is 2.42. The number of carboxylic acids is 1. The zero-order valence-corrected chi connectivity index (χ0v) is 10.9. The highest BCUT2D eigenvalue weighted by Gasteiger charge is 2.15. The number of halogens is 1. The maximum Gasteiger partial charge on any atom is 0.335 e. The molecule has 0 saturated carbocycles. The Morgan fingerprint density at radius 2 is 2.06 bits per heavy atom. The molecule has 1 aromatic rings. The lowest BCUT2D eigenvalue weighted by Gasteiger charge is -2.15. The minimum Gasteiger partial charge on any atom is -0.493 e. The van der Waals surface area contributed by atoms with Crippen molar-refractivity contribution in [3.05, 3.63) is 22.2 Å². The zero-order chi connectivity index (χ0) is 12.3. The molecule has 5 heteroatoms. The quantitative estimate of drug-likeness (QED) is 0.926. The lowest BCUT2D eigenvalue weighted by molar-refractivity contribution is 0.0696. The molecule has 4 nitrogen and oxygen atoms in total. The summed E-state index contributed by atoms with van der Waals surface area (Å²) in [5, 5.41) is 8.88. The predicted octanol–water partition coefficient (Wildman–Crippen LogP) is 2.94. The molecule has 1 N–H and O–H groups in total. The zero-order valence-electron chi connectivity index (χ0n) is 9.28. The van der Waals surface area contributed by atoms with Gasteiger partial charge in [-0.1, -0.05) is 0 Å². The molecule has 1 rings (SSSR count). The van der Waals surface area contributed by atoms with Crippen LogP contribution in [0.4, 0.5) is 0 Å². The number of hydrogen-bond donors (Lipinski definition) is 1. The van der Waals surface area contributed by atoms with Crippen LogP contribution in [0.5, 0.6) is 11.5 Å². The van der Waals surface area contributed by atoms with Gasteiger partial charge in [0.05, 0.1) is 23.2 Å². The van der Waals surface area contributed by atoms with Gasteiger partial charge in [0.25, 0.3) is 0 Å². The van der Waals surface area contributed by atoms with Gasteiger partial charge < -0.3 is 14.6 Å². The Hall–Kier alpha value is -1.23. The summed E-state index contributed by atoms with van der Waals surface area (Å²) >= 11 is 3.27. The second-order valence-electron chi connectivity index (χ2n) is 3.46. The van der Waals surface area contributed by atoms with E-state index < -0.39 is 5.97 Å². The molecule has 0 aliphatic heterocycles. The molecule has 0 unspecified atom stereocenters. The number of methoxy groups -OCH3 is 1. The summed E-state index contributed by atoms with van der Waals surface area (Å²) in [6.07, 6.45) is -0.0131. The van der Waals surface area contributed by atoms with Crippen LogP contribution >= 0.6 is 15.9 Å². The first-order valence-electron chi connectivity index (χ1n) is 4.73. The van der Waals surface area contributed by atoms with Gasteiger partial charge in [0.1, 0.15) is 0 Å². The van der Waals surface area contributed by atoms with Crippen molar-refractivity contribution in [3.8, 4) is 11.5 Å². The second kappa shape index (κ2) is 5.21. The first-order chi connectivity index (χ1) is 7.45. The van der Waals surface area contributed by atoms with E-state index in [4.69, 9.17) is 14.6 Å². The third kappa shape index (κ3) is 2.88. The second-order valence-corrected chi connectivity index (χ2v) is 4.32. The summed E-state index contributed by atoms with van der Waals surface area (Å²) in [6, 6.07) is 2.92. The van der Waals surface area contributed by atoms with E-state index in [-0.39, 0.29) is 11.7 Å². The lowest BCUT2D eigenvalue weighted by Crippen LogP contribution is -2.08. The molecule has 88 valence electrons. The van der Waals surface area contributed by atoms with Gasteiger partial charge in [-0.3, -0.25) is 0 Å². The van der Waals surface area contributed by atoms with E-state index in [1.54, 1.807) is 0 Å². The highest BCUT2D eigenvalue weighted by Crippen LogP contribution is 2.37. The molecule has 0 saturated heterocycles. The van der Waals surface area contributed by atoms with Gasteiger partial charge >= 0.3 is 5.97 Å². The summed E-state index contributed by atoms with van der Waals surface area (Å²) in [6.45, 7) is 3.77. The largest absolute Gasteiger partial charge is 0.493 e. The number of rotatable bonds is 4. The van der Waals surface area contributed by atoms with Gasteiger partial charge in [-0.25, -0.2) is 4.79 Å². The Bertz CT molecular complexity index is 401. The predicted molar refractivity (Wildman–Crippen MR) is 63.4 cm³/mol. The molecule has 0 fully saturated rings. The maximum atomic E-state index is 10.8. The summed E-state index contributed by atoms with van der Waals surface area (Å²) in [5.41, 5.74) is 0.153. The van der Waals surface area contributed by atoms with E-state index in [1.807, 2.05) is 13.8 Å². The molecule has 0 atom stereocenters. The Morgan fingerprint density at radius 3 is 2.50 bits per heavy atom.